The van der Waals surface area contributed by atoms with Crippen LogP contribution in [0.15, 0.2) is 82.5 Å². The number of aromatic nitrogens is 4. The van der Waals surface area contributed by atoms with Crippen molar-refractivity contribution in [1.82, 2.24) is 19.1 Å². The fourth-order valence-electron chi connectivity index (χ4n) is 3.40. The maximum absolute atomic E-state index is 13.4. The quantitative estimate of drug-likeness (QED) is 0.427. The van der Waals surface area contributed by atoms with E-state index in [1.165, 1.54) is 4.57 Å². The first-order chi connectivity index (χ1) is 16.0. The fourth-order valence-corrected chi connectivity index (χ4v) is 3.40. The molecule has 0 radical (unpaired) electrons. The molecule has 4 rings (SSSR count). The standard InChI is InChI=1S/C24H24N6O3/c1-33-20-11-9-18(10-12-20)15-29-22(27-14-19-8-5-13-26-21(19)25)28-23(31)30(24(29)32)16-17-6-3-2-4-7-17/h2-13H,14-16H2,1H3,(H2,25,26)(H,27,28,31). The molecular weight excluding hydrogens is 420 g/mol. The molecule has 4 aromatic rings. The van der Waals surface area contributed by atoms with Gasteiger partial charge in [0.1, 0.15) is 11.6 Å². The molecule has 0 saturated carbocycles. The van der Waals surface area contributed by atoms with Crippen LogP contribution in [-0.4, -0.2) is 26.2 Å². The molecule has 0 unspecified atom stereocenters. The largest absolute Gasteiger partial charge is 0.497 e. The van der Waals surface area contributed by atoms with Gasteiger partial charge in [-0.25, -0.2) is 19.1 Å². The van der Waals surface area contributed by atoms with E-state index < -0.39 is 11.4 Å². The monoisotopic (exact) mass is 444 g/mol. The van der Waals surface area contributed by atoms with E-state index in [9.17, 15) is 9.59 Å². The number of nitrogens with two attached hydrogens (primary N) is 1. The number of benzene rings is 2. The zero-order valence-corrected chi connectivity index (χ0v) is 18.1. The summed E-state index contributed by atoms with van der Waals surface area (Å²) in [6, 6.07) is 20.3. The number of anilines is 2. The second kappa shape index (κ2) is 9.82. The van der Waals surface area contributed by atoms with Gasteiger partial charge in [-0.3, -0.25) is 4.57 Å². The molecule has 0 spiro atoms. The lowest BCUT2D eigenvalue weighted by Gasteiger charge is -2.16. The van der Waals surface area contributed by atoms with E-state index in [1.54, 1.807) is 19.4 Å². The molecule has 3 N–H and O–H groups in total. The highest BCUT2D eigenvalue weighted by Gasteiger charge is 2.15. The average molecular weight is 444 g/mol. The normalized spacial score (nSPS) is 10.7. The highest BCUT2D eigenvalue weighted by molar-refractivity contribution is 5.41. The number of methoxy groups -OCH3 is 1. The molecule has 0 aliphatic heterocycles. The third-order valence-electron chi connectivity index (χ3n) is 5.20. The van der Waals surface area contributed by atoms with Crippen LogP contribution >= 0.6 is 0 Å². The Hall–Kier alpha value is -4.40. The van der Waals surface area contributed by atoms with Gasteiger partial charge in [-0.15, -0.1) is 0 Å². The second-order valence-corrected chi connectivity index (χ2v) is 7.41. The molecule has 9 heteroatoms. The van der Waals surface area contributed by atoms with Gasteiger partial charge < -0.3 is 15.8 Å². The van der Waals surface area contributed by atoms with Gasteiger partial charge in [0.25, 0.3) is 0 Å². The molecule has 168 valence electrons. The molecule has 0 atom stereocenters. The maximum Gasteiger partial charge on any atom is 0.355 e. The fraction of sp³-hybridized carbons (Fsp3) is 0.167. The Balaban J connectivity index is 1.72. The van der Waals surface area contributed by atoms with Crippen LogP contribution in [0.5, 0.6) is 5.75 Å². The molecule has 0 fully saturated rings. The first-order valence-corrected chi connectivity index (χ1v) is 10.4. The Morgan fingerprint density at radius 3 is 2.30 bits per heavy atom. The maximum atomic E-state index is 13.4. The molecule has 2 heterocycles. The number of nitrogen functional groups attached to an aromatic ring is 1. The molecule has 0 aliphatic carbocycles. The van der Waals surface area contributed by atoms with E-state index in [0.29, 0.717) is 11.6 Å². The summed E-state index contributed by atoms with van der Waals surface area (Å²) in [5, 5.41) is 3.08. The van der Waals surface area contributed by atoms with Crippen LogP contribution in [0.2, 0.25) is 0 Å². The summed E-state index contributed by atoms with van der Waals surface area (Å²) < 4.78 is 7.78. The lowest BCUT2D eigenvalue weighted by Crippen LogP contribution is -2.43. The van der Waals surface area contributed by atoms with Gasteiger partial charge in [0.2, 0.25) is 5.95 Å². The third-order valence-corrected chi connectivity index (χ3v) is 5.20. The highest BCUT2D eigenvalue weighted by Crippen LogP contribution is 2.14. The molecule has 0 amide bonds. The van der Waals surface area contributed by atoms with E-state index in [4.69, 9.17) is 10.5 Å². The highest BCUT2D eigenvalue weighted by atomic mass is 16.5. The van der Waals surface area contributed by atoms with Crippen molar-refractivity contribution in [1.29, 1.82) is 0 Å². The molecule has 2 aromatic carbocycles. The van der Waals surface area contributed by atoms with E-state index in [2.05, 4.69) is 15.3 Å². The topological polar surface area (TPSA) is 117 Å². The number of ether oxygens (including phenoxy) is 1. The predicted octanol–water partition coefficient (Wildman–Crippen LogP) is 2.10. The van der Waals surface area contributed by atoms with Gasteiger partial charge in [-0.05, 0) is 29.3 Å². The summed E-state index contributed by atoms with van der Waals surface area (Å²) in [6.07, 6.45) is 1.60. The van der Waals surface area contributed by atoms with Gasteiger partial charge in [0.15, 0.2) is 0 Å². The van der Waals surface area contributed by atoms with Crippen molar-refractivity contribution in [2.45, 2.75) is 19.6 Å². The van der Waals surface area contributed by atoms with Crippen LogP contribution in [0, 0.1) is 0 Å². The Morgan fingerprint density at radius 1 is 0.909 bits per heavy atom. The average Bonchev–Trinajstić information content (AvgIpc) is 2.84. The molecule has 2 aromatic heterocycles. The van der Waals surface area contributed by atoms with Crippen molar-refractivity contribution in [2.24, 2.45) is 0 Å². The zero-order valence-electron chi connectivity index (χ0n) is 18.1. The molecule has 0 bridgehead atoms. The van der Waals surface area contributed by atoms with Crippen LogP contribution < -0.4 is 27.2 Å². The predicted molar refractivity (Wildman–Crippen MR) is 126 cm³/mol. The number of nitrogens with one attached hydrogen (secondary N) is 1. The minimum absolute atomic E-state index is 0.129. The van der Waals surface area contributed by atoms with Crippen molar-refractivity contribution in [3.63, 3.8) is 0 Å². The van der Waals surface area contributed by atoms with Crippen LogP contribution in [0.25, 0.3) is 0 Å². The first kappa shape index (κ1) is 21.8. The van der Waals surface area contributed by atoms with E-state index in [-0.39, 0.29) is 25.6 Å². The smallest absolute Gasteiger partial charge is 0.355 e. The van der Waals surface area contributed by atoms with Crippen LogP contribution in [0.1, 0.15) is 16.7 Å². The van der Waals surface area contributed by atoms with E-state index in [0.717, 1.165) is 21.3 Å². The number of hydrogen-bond acceptors (Lipinski definition) is 7. The summed E-state index contributed by atoms with van der Waals surface area (Å²) in [6.45, 7) is 0.608. The van der Waals surface area contributed by atoms with Crippen LogP contribution in [0.3, 0.4) is 0 Å². The lowest BCUT2D eigenvalue weighted by atomic mass is 10.2. The van der Waals surface area contributed by atoms with Crippen molar-refractivity contribution < 1.29 is 4.74 Å². The van der Waals surface area contributed by atoms with Crippen molar-refractivity contribution in [2.75, 3.05) is 18.2 Å². The Labute approximate surface area is 190 Å². The van der Waals surface area contributed by atoms with Crippen molar-refractivity contribution in [3.8, 4) is 5.75 Å². The first-order valence-electron chi connectivity index (χ1n) is 10.4. The number of nitrogens with zero attached hydrogens (tertiary/aromatic N) is 4. The summed E-state index contributed by atoms with van der Waals surface area (Å²) >= 11 is 0. The van der Waals surface area contributed by atoms with Gasteiger partial charge in [-0.1, -0.05) is 48.5 Å². The number of hydrogen-bond donors (Lipinski definition) is 2. The van der Waals surface area contributed by atoms with Gasteiger partial charge in [0.05, 0.1) is 20.2 Å². The van der Waals surface area contributed by atoms with Crippen LogP contribution in [0.4, 0.5) is 11.8 Å². The molecule has 9 nitrogen and oxygen atoms in total. The summed E-state index contributed by atoms with van der Waals surface area (Å²) in [5.74, 6) is 1.24. The lowest BCUT2D eigenvalue weighted by molar-refractivity contribution is 0.414. The molecule has 0 aliphatic rings. The SMILES string of the molecule is COc1ccc(Cn2c(NCc3cccnc3N)nc(=O)n(Cc3ccccc3)c2=O)cc1. The Bertz CT molecular complexity index is 1350. The van der Waals surface area contributed by atoms with E-state index in [1.807, 2.05) is 60.7 Å². The minimum Gasteiger partial charge on any atom is -0.497 e. The van der Waals surface area contributed by atoms with Gasteiger partial charge in [-0.2, -0.15) is 4.98 Å². The molecule has 0 saturated heterocycles. The van der Waals surface area contributed by atoms with Crippen LogP contribution in [-0.2, 0) is 19.6 Å². The number of pyridine rings is 1. The third kappa shape index (κ3) is 5.09. The minimum atomic E-state index is -0.628. The van der Waals surface area contributed by atoms with Gasteiger partial charge in [0, 0.05) is 18.3 Å². The van der Waals surface area contributed by atoms with E-state index >= 15 is 0 Å². The van der Waals surface area contributed by atoms with Gasteiger partial charge >= 0.3 is 11.4 Å². The van der Waals surface area contributed by atoms with Crippen molar-refractivity contribution >= 4 is 11.8 Å². The Morgan fingerprint density at radius 2 is 1.61 bits per heavy atom. The Kier molecular flexibility index (Phi) is 6.49. The number of rotatable bonds is 8. The van der Waals surface area contributed by atoms with Crippen molar-refractivity contribution in [3.05, 3.63) is 111 Å². The second-order valence-electron chi connectivity index (χ2n) is 7.41. The summed E-state index contributed by atoms with van der Waals surface area (Å²) in [7, 11) is 1.59. The molecular formula is C24H24N6O3. The summed E-state index contributed by atoms with van der Waals surface area (Å²) in [4.78, 5) is 34.4. The zero-order chi connectivity index (χ0) is 23.2. The summed E-state index contributed by atoms with van der Waals surface area (Å²) in [5.41, 5.74) is 7.26. The molecule has 33 heavy (non-hydrogen) atoms.